The lowest BCUT2D eigenvalue weighted by atomic mass is 9.98. The number of thiocarbonyl (C=S) groups is 1. The van der Waals surface area contributed by atoms with Gasteiger partial charge in [-0.2, -0.15) is 0 Å². The van der Waals surface area contributed by atoms with Gasteiger partial charge < -0.3 is 5.73 Å². The summed E-state index contributed by atoms with van der Waals surface area (Å²) in [5.41, 5.74) is 6.85. The quantitative estimate of drug-likeness (QED) is 0.813. The predicted molar refractivity (Wildman–Crippen MR) is 82.4 cm³/mol. The van der Waals surface area contributed by atoms with Gasteiger partial charge in [0.25, 0.3) is 0 Å². The Labute approximate surface area is 120 Å². The van der Waals surface area contributed by atoms with Crippen molar-refractivity contribution in [3.8, 4) is 0 Å². The number of benzene rings is 1. The molecule has 0 saturated heterocycles. The van der Waals surface area contributed by atoms with Gasteiger partial charge in [-0.25, -0.2) is 13.1 Å². The van der Waals surface area contributed by atoms with E-state index in [-0.39, 0.29) is 11.2 Å². The third-order valence-corrected chi connectivity index (χ3v) is 3.95. The Hall–Kier alpha value is -0.980. The second kappa shape index (κ2) is 5.98. The molecule has 0 bridgehead atoms. The number of hydrogen-bond donors (Lipinski definition) is 2. The summed E-state index contributed by atoms with van der Waals surface area (Å²) < 4.78 is 26.4. The van der Waals surface area contributed by atoms with Gasteiger partial charge in [-0.1, -0.05) is 57.3 Å². The largest absolute Gasteiger partial charge is 0.389 e. The lowest BCUT2D eigenvalue weighted by Gasteiger charge is -2.18. The first-order chi connectivity index (χ1) is 8.59. The molecule has 0 aromatic heterocycles. The molecule has 1 aromatic rings. The molecule has 6 heteroatoms. The van der Waals surface area contributed by atoms with Gasteiger partial charge in [-0.3, -0.25) is 0 Å². The van der Waals surface area contributed by atoms with Crippen molar-refractivity contribution in [1.29, 1.82) is 0 Å². The average molecular weight is 300 g/mol. The molecule has 0 spiro atoms. The number of rotatable bonds is 5. The summed E-state index contributed by atoms with van der Waals surface area (Å²) >= 11 is 4.84. The molecule has 1 aromatic carbocycles. The van der Waals surface area contributed by atoms with Crippen LogP contribution in [0.5, 0.6) is 0 Å². The molecule has 0 aliphatic heterocycles. The lowest BCUT2D eigenvalue weighted by molar-refractivity contribution is 0.407. The summed E-state index contributed by atoms with van der Waals surface area (Å²) in [6.07, 6.45) is 0. The molecule has 0 atom stereocenters. The zero-order valence-electron chi connectivity index (χ0n) is 11.4. The Morgan fingerprint density at radius 3 is 2.21 bits per heavy atom. The van der Waals surface area contributed by atoms with Crippen LogP contribution in [0.2, 0.25) is 0 Å². The van der Waals surface area contributed by atoms with Crippen molar-refractivity contribution in [2.24, 2.45) is 11.1 Å². The molecular weight excluding hydrogens is 280 g/mol. The van der Waals surface area contributed by atoms with Gasteiger partial charge in [0.1, 0.15) is 4.99 Å². The van der Waals surface area contributed by atoms with E-state index in [1.54, 1.807) is 24.3 Å². The van der Waals surface area contributed by atoms with E-state index in [1.807, 2.05) is 20.8 Å². The summed E-state index contributed by atoms with van der Waals surface area (Å²) in [5, 5.41) is 0. The second-order valence-corrected chi connectivity index (χ2v) is 7.95. The minimum atomic E-state index is -3.32. The van der Waals surface area contributed by atoms with E-state index >= 15 is 0 Å². The second-order valence-electron chi connectivity index (χ2n) is 5.70. The van der Waals surface area contributed by atoms with E-state index < -0.39 is 10.0 Å². The highest BCUT2D eigenvalue weighted by atomic mass is 32.2. The first-order valence-corrected chi connectivity index (χ1v) is 8.01. The van der Waals surface area contributed by atoms with Crippen molar-refractivity contribution < 1.29 is 8.42 Å². The fourth-order valence-electron chi connectivity index (χ4n) is 1.36. The number of nitrogens with one attached hydrogen (secondary N) is 1. The van der Waals surface area contributed by atoms with Gasteiger partial charge in [0.15, 0.2) is 0 Å². The Balaban J connectivity index is 2.70. The van der Waals surface area contributed by atoms with E-state index in [0.717, 1.165) is 5.56 Å². The molecule has 106 valence electrons. The van der Waals surface area contributed by atoms with Crippen LogP contribution in [0, 0.1) is 5.41 Å². The summed E-state index contributed by atoms with van der Waals surface area (Å²) in [4.78, 5) is 0.306. The van der Waals surface area contributed by atoms with Crippen LogP contribution >= 0.6 is 12.2 Å². The molecule has 3 N–H and O–H groups in total. The van der Waals surface area contributed by atoms with Gasteiger partial charge in [0.05, 0.1) is 5.75 Å². The third-order valence-electron chi connectivity index (χ3n) is 2.42. The Morgan fingerprint density at radius 2 is 1.79 bits per heavy atom. The minimum Gasteiger partial charge on any atom is -0.389 e. The standard InChI is InChI=1S/C13H20N2O2S2/c1-13(2,3)9-15-19(16,17)8-10-4-6-11(7-5-10)12(14)18/h4-7,15H,8-9H2,1-3H3,(H2,14,18). The maximum atomic E-state index is 11.9. The summed E-state index contributed by atoms with van der Waals surface area (Å²) in [7, 11) is -3.32. The molecule has 0 unspecified atom stereocenters. The van der Waals surface area contributed by atoms with Crippen LogP contribution in [0.3, 0.4) is 0 Å². The van der Waals surface area contributed by atoms with Crippen molar-refractivity contribution in [3.05, 3.63) is 35.4 Å². The van der Waals surface area contributed by atoms with Gasteiger partial charge in [-0.05, 0) is 11.0 Å². The molecule has 0 aliphatic rings. The normalized spacial score (nSPS) is 12.4. The number of nitrogens with two attached hydrogens (primary N) is 1. The number of sulfonamides is 1. The van der Waals surface area contributed by atoms with Gasteiger partial charge >= 0.3 is 0 Å². The number of hydrogen-bond acceptors (Lipinski definition) is 3. The Morgan fingerprint density at radius 1 is 1.26 bits per heavy atom. The Bertz CT molecular complexity index is 543. The molecule has 19 heavy (non-hydrogen) atoms. The van der Waals surface area contributed by atoms with Crippen molar-refractivity contribution in [3.63, 3.8) is 0 Å². The van der Waals surface area contributed by atoms with Crippen LogP contribution in [0.15, 0.2) is 24.3 Å². The average Bonchev–Trinajstić information content (AvgIpc) is 2.26. The van der Waals surface area contributed by atoms with E-state index in [2.05, 4.69) is 4.72 Å². The van der Waals surface area contributed by atoms with Crippen molar-refractivity contribution in [1.82, 2.24) is 4.72 Å². The highest BCUT2D eigenvalue weighted by Crippen LogP contribution is 2.13. The van der Waals surface area contributed by atoms with E-state index in [0.29, 0.717) is 17.1 Å². The molecule has 0 fully saturated rings. The smallest absolute Gasteiger partial charge is 0.215 e. The van der Waals surface area contributed by atoms with Crippen LogP contribution in [0.25, 0.3) is 0 Å². The highest BCUT2D eigenvalue weighted by molar-refractivity contribution is 7.88. The molecule has 0 saturated carbocycles. The lowest BCUT2D eigenvalue weighted by Crippen LogP contribution is -2.33. The zero-order chi connectivity index (χ0) is 14.7. The molecule has 0 radical (unpaired) electrons. The topological polar surface area (TPSA) is 72.2 Å². The first-order valence-electron chi connectivity index (χ1n) is 5.95. The van der Waals surface area contributed by atoms with Gasteiger partial charge in [-0.15, -0.1) is 0 Å². The predicted octanol–water partition coefficient (Wildman–Crippen LogP) is 1.79. The van der Waals surface area contributed by atoms with E-state index in [9.17, 15) is 8.42 Å². The molecule has 0 amide bonds. The van der Waals surface area contributed by atoms with E-state index in [4.69, 9.17) is 18.0 Å². The Kier molecular flexibility index (Phi) is 5.06. The van der Waals surface area contributed by atoms with Crippen molar-refractivity contribution in [2.45, 2.75) is 26.5 Å². The van der Waals surface area contributed by atoms with Crippen molar-refractivity contribution >= 4 is 27.2 Å². The van der Waals surface area contributed by atoms with Crippen LogP contribution in [-0.4, -0.2) is 20.0 Å². The third kappa shape index (κ3) is 6.13. The molecule has 4 nitrogen and oxygen atoms in total. The molecular formula is C13H20N2O2S2. The van der Waals surface area contributed by atoms with Crippen LogP contribution < -0.4 is 10.5 Å². The zero-order valence-corrected chi connectivity index (χ0v) is 13.1. The highest BCUT2D eigenvalue weighted by Gasteiger charge is 2.16. The summed E-state index contributed by atoms with van der Waals surface area (Å²) in [6.45, 7) is 6.35. The maximum absolute atomic E-state index is 11.9. The molecule has 0 heterocycles. The van der Waals surface area contributed by atoms with Crippen LogP contribution in [0.4, 0.5) is 0 Å². The van der Waals surface area contributed by atoms with Crippen LogP contribution in [-0.2, 0) is 15.8 Å². The first kappa shape index (κ1) is 16.1. The molecule has 1 rings (SSSR count). The summed E-state index contributed by atoms with van der Waals surface area (Å²) in [6, 6.07) is 6.92. The van der Waals surface area contributed by atoms with Crippen molar-refractivity contribution in [2.75, 3.05) is 6.54 Å². The van der Waals surface area contributed by atoms with Crippen LogP contribution in [0.1, 0.15) is 31.9 Å². The SMILES string of the molecule is CC(C)(C)CNS(=O)(=O)Cc1ccc(C(N)=S)cc1. The van der Waals surface area contributed by atoms with Gasteiger partial charge in [0.2, 0.25) is 10.0 Å². The van der Waals surface area contributed by atoms with E-state index in [1.165, 1.54) is 0 Å². The molecule has 0 aliphatic carbocycles. The summed E-state index contributed by atoms with van der Waals surface area (Å²) in [5.74, 6) is -0.0410. The monoisotopic (exact) mass is 300 g/mol. The minimum absolute atomic E-state index is 0.0410. The fraction of sp³-hybridized carbons (Fsp3) is 0.462. The van der Waals surface area contributed by atoms with Gasteiger partial charge in [0, 0.05) is 12.1 Å². The fourth-order valence-corrected chi connectivity index (χ4v) is 2.88. The maximum Gasteiger partial charge on any atom is 0.215 e.